The fraction of sp³-hybridized carbons (Fsp3) is 0.500. The molecule has 41 heavy (non-hydrogen) atoms. The summed E-state index contributed by atoms with van der Waals surface area (Å²) in [6.07, 6.45) is 4.92. The van der Waals surface area contributed by atoms with E-state index in [1.165, 1.54) is 12.2 Å². The molecule has 0 aliphatic carbocycles. The number of benzene rings is 1. The van der Waals surface area contributed by atoms with Crippen LogP contribution in [0.2, 0.25) is 0 Å². The van der Waals surface area contributed by atoms with E-state index >= 15 is 0 Å². The van der Waals surface area contributed by atoms with Crippen LogP contribution in [-0.2, 0) is 29.9 Å². The lowest BCUT2D eigenvalue weighted by Crippen LogP contribution is -2.54. The number of urea groups is 1. The first-order chi connectivity index (χ1) is 19.5. The zero-order chi connectivity index (χ0) is 30.4. The molecule has 0 saturated carbocycles. The number of anilines is 1. The second-order valence-electron chi connectivity index (χ2n) is 10.1. The number of primary amides is 1. The molecule has 7 amide bonds. The fourth-order valence-electron chi connectivity index (χ4n) is 4.12. The van der Waals surface area contributed by atoms with E-state index in [9.17, 15) is 28.8 Å². The number of hydrogen-bond donors (Lipinski definition) is 5. The van der Waals surface area contributed by atoms with Gasteiger partial charge in [0.15, 0.2) is 0 Å². The molecule has 1 aromatic carbocycles. The quantitative estimate of drug-likeness (QED) is 0.105. The molecule has 1 aromatic rings. The number of nitrogens with two attached hydrogens (primary N) is 1. The monoisotopic (exact) mass is 590 g/mol. The zero-order valence-electron chi connectivity index (χ0n) is 23.4. The molecular formula is C28H39ClN6O6. The highest BCUT2D eigenvalue weighted by atomic mass is 35.5. The van der Waals surface area contributed by atoms with E-state index in [0.717, 1.165) is 10.5 Å². The topological polar surface area (TPSA) is 180 Å². The molecule has 224 valence electrons. The molecule has 1 aliphatic rings. The van der Waals surface area contributed by atoms with Crippen molar-refractivity contribution in [3.63, 3.8) is 0 Å². The Kier molecular flexibility index (Phi) is 13.8. The first-order valence-electron chi connectivity index (χ1n) is 13.6. The van der Waals surface area contributed by atoms with Crippen LogP contribution in [0.1, 0.15) is 57.9 Å². The standard InChI is InChI=1S/C28H39ClN6O6/c1-18(2)25(34-22(36)8-4-3-5-16-35-23(37)13-14-24(35)38)27(40)33-21(7-6-15-31-28(30)41)26(39)32-20-11-9-19(17-29)10-12-20/h9-14,18,21,25H,3-8,15-17H2,1-2H3,(H,32,39)(H,33,40)(H,34,36)(H3,30,31,41)/t21?,25-/m0/s1. The van der Waals surface area contributed by atoms with E-state index in [1.807, 2.05) is 0 Å². The normalized spacial score (nSPS) is 14.1. The first kappa shape index (κ1) is 33.3. The summed E-state index contributed by atoms with van der Waals surface area (Å²) in [5.41, 5.74) is 6.52. The molecular weight excluding hydrogens is 552 g/mol. The van der Waals surface area contributed by atoms with E-state index in [0.29, 0.717) is 43.8 Å². The summed E-state index contributed by atoms with van der Waals surface area (Å²) in [6, 6.07) is 4.46. The van der Waals surface area contributed by atoms with Crippen molar-refractivity contribution >= 4 is 52.9 Å². The molecule has 0 bridgehead atoms. The molecule has 1 unspecified atom stereocenters. The lowest BCUT2D eigenvalue weighted by Gasteiger charge is -2.25. The van der Waals surface area contributed by atoms with Crippen LogP contribution in [0.5, 0.6) is 0 Å². The average molecular weight is 591 g/mol. The summed E-state index contributed by atoms with van der Waals surface area (Å²) < 4.78 is 0. The van der Waals surface area contributed by atoms with Crippen LogP contribution >= 0.6 is 11.6 Å². The number of carbonyl (C=O) groups excluding carboxylic acids is 6. The molecule has 0 saturated heterocycles. The van der Waals surface area contributed by atoms with Crippen LogP contribution in [-0.4, -0.2) is 65.6 Å². The van der Waals surface area contributed by atoms with Gasteiger partial charge < -0.3 is 27.0 Å². The Balaban J connectivity index is 1.92. The van der Waals surface area contributed by atoms with Crippen LogP contribution in [0.3, 0.4) is 0 Å². The SMILES string of the molecule is CC(C)[C@H](NC(=O)CCCCCN1C(=O)C=CC1=O)C(=O)NC(CCCNC(N)=O)C(=O)Nc1ccc(CCl)cc1. The van der Waals surface area contributed by atoms with E-state index in [4.69, 9.17) is 17.3 Å². The van der Waals surface area contributed by atoms with Gasteiger partial charge in [0.1, 0.15) is 12.1 Å². The summed E-state index contributed by atoms with van der Waals surface area (Å²) in [5.74, 6) is -1.87. The predicted octanol–water partition coefficient (Wildman–Crippen LogP) is 1.92. The van der Waals surface area contributed by atoms with Crippen molar-refractivity contribution in [2.75, 3.05) is 18.4 Å². The Hall–Kier alpha value is -3.93. The van der Waals surface area contributed by atoms with E-state index in [-0.39, 0.29) is 43.0 Å². The third kappa shape index (κ3) is 11.6. The number of alkyl halides is 1. The Morgan fingerprint density at radius 2 is 1.56 bits per heavy atom. The van der Waals surface area contributed by atoms with Gasteiger partial charge in [-0.3, -0.25) is 28.9 Å². The Morgan fingerprint density at radius 3 is 2.15 bits per heavy atom. The Bertz CT molecular complexity index is 1110. The number of unbranched alkanes of at least 4 members (excludes halogenated alkanes) is 2. The molecule has 2 rings (SSSR count). The maximum Gasteiger partial charge on any atom is 0.312 e. The molecule has 0 fully saturated rings. The third-order valence-electron chi connectivity index (χ3n) is 6.43. The third-order valence-corrected chi connectivity index (χ3v) is 6.74. The van der Waals surface area contributed by atoms with Crippen LogP contribution in [0.25, 0.3) is 0 Å². The number of nitrogens with one attached hydrogen (secondary N) is 4. The lowest BCUT2D eigenvalue weighted by molar-refractivity contribution is -0.137. The number of halogens is 1. The average Bonchev–Trinajstić information content (AvgIpc) is 3.25. The number of amides is 7. The summed E-state index contributed by atoms with van der Waals surface area (Å²) in [7, 11) is 0. The number of hydrogen-bond acceptors (Lipinski definition) is 6. The zero-order valence-corrected chi connectivity index (χ0v) is 24.2. The molecule has 6 N–H and O–H groups in total. The highest BCUT2D eigenvalue weighted by molar-refractivity contribution is 6.17. The van der Waals surface area contributed by atoms with Crippen molar-refractivity contribution < 1.29 is 28.8 Å². The smallest absolute Gasteiger partial charge is 0.312 e. The number of carbonyl (C=O) groups is 6. The summed E-state index contributed by atoms with van der Waals surface area (Å²) in [6.45, 7) is 4.08. The molecule has 0 aromatic heterocycles. The molecule has 0 spiro atoms. The maximum atomic E-state index is 13.2. The van der Waals surface area contributed by atoms with Gasteiger partial charge >= 0.3 is 6.03 Å². The second-order valence-corrected chi connectivity index (χ2v) is 10.3. The van der Waals surface area contributed by atoms with Gasteiger partial charge in [0, 0.05) is 43.2 Å². The number of nitrogens with zero attached hydrogens (tertiary/aromatic N) is 1. The number of rotatable bonds is 17. The van der Waals surface area contributed by atoms with Crippen molar-refractivity contribution in [1.29, 1.82) is 0 Å². The molecule has 1 aliphatic heterocycles. The summed E-state index contributed by atoms with van der Waals surface area (Å²) in [4.78, 5) is 74.3. The van der Waals surface area contributed by atoms with Crippen molar-refractivity contribution in [2.45, 2.75) is 70.3 Å². The van der Waals surface area contributed by atoms with Crippen LogP contribution in [0.4, 0.5) is 10.5 Å². The van der Waals surface area contributed by atoms with Crippen molar-refractivity contribution in [2.24, 2.45) is 11.7 Å². The molecule has 1 heterocycles. The van der Waals surface area contributed by atoms with Crippen molar-refractivity contribution in [3.8, 4) is 0 Å². The Labute approximate surface area is 244 Å². The van der Waals surface area contributed by atoms with Gasteiger partial charge in [0.05, 0.1) is 0 Å². The molecule has 0 radical (unpaired) electrons. The summed E-state index contributed by atoms with van der Waals surface area (Å²) in [5, 5.41) is 10.7. The highest BCUT2D eigenvalue weighted by Crippen LogP contribution is 2.13. The van der Waals surface area contributed by atoms with Crippen molar-refractivity contribution in [3.05, 3.63) is 42.0 Å². The van der Waals surface area contributed by atoms with Gasteiger partial charge in [-0.15, -0.1) is 11.6 Å². The van der Waals surface area contributed by atoms with Gasteiger partial charge in [-0.05, 0) is 49.3 Å². The van der Waals surface area contributed by atoms with Crippen LogP contribution < -0.4 is 27.0 Å². The van der Waals surface area contributed by atoms with Gasteiger partial charge in [-0.2, -0.15) is 0 Å². The summed E-state index contributed by atoms with van der Waals surface area (Å²) >= 11 is 5.82. The van der Waals surface area contributed by atoms with Crippen LogP contribution in [0, 0.1) is 5.92 Å². The molecule has 13 heteroatoms. The minimum Gasteiger partial charge on any atom is -0.352 e. The second kappa shape index (κ2) is 17.0. The largest absolute Gasteiger partial charge is 0.352 e. The van der Waals surface area contributed by atoms with Crippen molar-refractivity contribution in [1.82, 2.24) is 20.9 Å². The molecule has 12 nitrogen and oxygen atoms in total. The van der Waals surface area contributed by atoms with E-state index in [1.54, 1.807) is 38.1 Å². The fourth-order valence-corrected chi connectivity index (χ4v) is 4.30. The van der Waals surface area contributed by atoms with Crippen LogP contribution in [0.15, 0.2) is 36.4 Å². The maximum absolute atomic E-state index is 13.2. The first-order valence-corrected chi connectivity index (χ1v) is 14.2. The minimum atomic E-state index is -0.937. The van der Waals surface area contributed by atoms with Gasteiger partial charge in [0.2, 0.25) is 17.7 Å². The number of imide groups is 1. The minimum absolute atomic E-state index is 0.164. The van der Waals surface area contributed by atoms with Gasteiger partial charge in [0.25, 0.3) is 11.8 Å². The van der Waals surface area contributed by atoms with Gasteiger partial charge in [-0.25, -0.2) is 4.79 Å². The Morgan fingerprint density at radius 1 is 0.902 bits per heavy atom. The van der Waals surface area contributed by atoms with E-state index < -0.39 is 29.9 Å². The molecule has 2 atom stereocenters. The highest BCUT2D eigenvalue weighted by Gasteiger charge is 2.29. The predicted molar refractivity (Wildman–Crippen MR) is 154 cm³/mol. The van der Waals surface area contributed by atoms with E-state index in [2.05, 4.69) is 21.3 Å². The lowest BCUT2D eigenvalue weighted by atomic mass is 10.0. The van der Waals surface area contributed by atoms with Gasteiger partial charge in [-0.1, -0.05) is 32.4 Å².